The number of aromatic nitrogens is 4. The van der Waals surface area contributed by atoms with Gasteiger partial charge in [-0.2, -0.15) is 15.4 Å². The van der Waals surface area contributed by atoms with Crippen molar-refractivity contribution in [3.63, 3.8) is 0 Å². The number of benzene rings is 1. The molecule has 17 heavy (non-hydrogen) atoms. The molecule has 0 saturated carbocycles. The number of ketones is 1. The summed E-state index contributed by atoms with van der Waals surface area (Å²) in [5, 5.41) is 10.8. The third-order valence-corrected chi connectivity index (χ3v) is 2.52. The summed E-state index contributed by atoms with van der Waals surface area (Å²) in [5.74, 6) is -0.161. The van der Waals surface area contributed by atoms with Crippen LogP contribution in [0.15, 0.2) is 42.7 Å². The van der Waals surface area contributed by atoms with E-state index in [1.807, 2.05) is 18.2 Å². The van der Waals surface area contributed by atoms with E-state index < -0.39 is 0 Å². The molecule has 0 aliphatic rings. The Morgan fingerprint density at radius 3 is 3.00 bits per heavy atom. The Morgan fingerprint density at radius 2 is 2.18 bits per heavy atom. The van der Waals surface area contributed by atoms with E-state index in [2.05, 4.69) is 20.4 Å². The maximum absolute atomic E-state index is 12.0. The molecule has 1 N–H and O–H groups in total. The summed E-state index contributed by atoms with van der Waals surface area (Å²) in [6.45, 7) is 0. The Bertz CT molecular complexity index is 676. The molecule has 3 rings (SSSR count). The SMILES string of the molecule is O=C(c1ccc2cccnc2c1)c1cn[nH]n1. The van der Waals surface area contributed by atoms with Crippen molar-refractivity contribution >= 4 is 16.7 Å². The molecule has 3 aromatic rings. The lowest BCUT2D eigenvalue weighted by molar-refractivity contribution is 0.103. The molecule has 0 atom stereocenters. The predicted molar refractivity (Wildman–Crippen MR) is 61.6 cm³/mol. The lowest BCUT2D eigenvalue weighted by Crippen LogP contribution is -2.01. The summed E-state index contributed by atoms with van der Waals surface area (Å²) in [5.41, 5.74) is 1.66. The van der Waals surface area contributed by atoms with Gasteiger partial charge in [-0.3, -0.25) is 9.78 Å². The molecule has 0 unspecified atom stereocenters. The van der Waals surface area contributed by atoms with Crippen LogP contribution in [0.1, 0.15) is 16.1 Å². The second-order valence-electron chi connectivity index (χ2n) is 3.60. The number of carbonyl (C=O) groups is 1. The first-order chi connectivity index (χ1) is 8.34. The molecule has 0 radical (unpaired) electrons. The summed E-state index contributed by atoms with van der Waals surface area (Å²) in [6, 6.07) is 9.21. The van der Waals surface area contributed by atoms with Crippen LogP contribution in [0.4, 0.5) is 0 Å². The van der Waals surface area contributed by atoms with Gasteiger partial charge in [0.15, 0.2) is 5.69 Å². The van der Waals surface area contributed by atoms with Crippen molar-refractivity contribution in [2.45, 2.75) is 0 Å². The second kappa shape index (κ2) is 3.79. The van der Waals surface area contributed by atoms with Gasteiger partial charge in [-0.05, 0) is 12.1 Å². The molecule has 0 spiro atoms. The lowest BCUT2D eigenvalue weighted by atomic mass is 10.1. The Kier molecular flexibility index (Phi) is 2.15. The zero-order chi connectivity index (χ0) is 11.7. The van der Waals surface area contributed by atoms with E-state index >= 15 is 0 Å². The third-order valence-electron chi connectivity index (χ3n) is 2.52. The Hall–Kier alpha value is -2.56. The highest BCUT2D eigenvalue weighted by atomic mass is 16.1. The molecule has 5 heteroatoms. The van der Waals surface area contributed by atoms with Gasteiger partial charge in [-0.15, -0.1) is 0 Å². The molecule has 0 fully saturated rings. The number of hydrogen-bond donors (Lipinski definition) is 1. The summed E-state index contributed by atoms with van der Waals surface area (Å²) < 4.78 is 0. The van der Waals surface area contributed by atoms with Crippen LogP contribution in [-0.4, -0.2) is 26.2 Å². The minimum atomic E-state index is -0.161. The molecule has 0 aliphatic carbocycles. The fraction of sp³-hybridized carbons (Fsp3) is 0. The van der Waals surface area contributed by atoms with E-state index in [0.717, 1.165) is 10.9 Å². The largest absolute Gasteiger partial charge is 0.287 e. The number of hydrogen-bond acceptors (Lipinski definition) is 4. The zero-order valence-corrected chi connectivity index (χ0v) is 8.79. The minimum absolute atomic E-state index is 0.161. The summed E-state index contributed by atoms with van der Waals surface area (Å²) in [6.07, 6.45) is 3.11. The van der Waals surface area contributed by atoms with E-state index in [0.29, 0.717) is 11.3 Å². The maximum atomic E-state index is 12.0. The van der Waals surface area contributed by atoms with Crippen molar-refractivity contribution in [3.8, 4) is 0 Å². The maximum Gasteiger partial charge on any atom is 0.214 e. The summed E-state index contributed by atoms with van der Waals surface area (Å²) in [4.78, 5) is 16.2. The van der Waals surface area contributed by atoms with Gasteiger partial charge in [0, 0.05) is 17.1 Å². The van der Waals surface area contributed by atoms with E-state index in [-0.39, 0.29) is 5.78 Å². The average molecular weight is 224 g/mol. The van der Waals surface area contributed by atoms with Crippen molar-refractivity contribution in [2.24, 2.45) is 0 Å². The van der Waals surface area contributed by atoms with Gasteiger partial charge in [0.05, 0.1) is 11.7 Å². The number of rotatable bonds is 2. The van der Waals surface area contributed by atoms with Gasteiger partial charge >= 0.3 is 0 Å². The Labute approximate surface area is 96.5 Å². The molecule has 5 nitrogen and oxygen atoms in total. The van der Waals surface area contributed by atoms with Crippen molar-refractivity contribution < 1.29 is 4.79 Å². The van der Waals surface area contributed by atoms with Crippen LogP contribution in [0.2, 0.25) is 0 Å². The number of pyridine rings is 1. The number of aromatic amines is 1. The number of carbonyl (C=O) groups excluding carboxylic acids is 1. The molecule has 82 valence electrons. The zero-order valence-electron chi connectivity index (χ0n) is 8.79. The normalized spacial score (nSPS) is 10.6. The number of nitrogens with one attached hydrogen (secondary N) is 1. The molecule has 0 amide bonds. The first kappa shape index (κ1) is 9.65. The topological polar surface area (TPSA) is 71.5 Å². The number of H-pyrrole nitrogens is 1. The summed E-state index contributed by atoms with van der Waals surface area (Å²) in [7, 11) is 0. The highest BCUT2D eigenvalue weighted by molar-refractivity contribution is 6.08. The molecular formula is C12H8N4O. The van der Waals surface area contributed by atoms with E-state index in [1.54, 1.807) is 18.3 Å². The lowest BCUT2D eigenvalue weighted by Gasteiger charge is -1.99. The fourth-order valence-corrected chi connectivity index (χ4v) is 1.67. The van der Waals surface area contributed by atoms with Crippen LogP contribution in [0.3, 0.4) is 0 Å². The molecule has 2 aromatic heterocycles. The van der Waals surface area contributed by atoms with E-state index in [4.69, 9.17) is 0 Å². The minimum Gasteiger partial charge on any atom is -0.287 e. The monoisotopic (exact) mass is 224 g/mol. The first-order valence-electron chi connectivity index (χ1n) is 5.10. The van der Waals surface area contributed by atoms with Crippen LogP contribution in [0, 0.1) is 0 Å². The third kappa shape index (κ3) is 1.67. The first-order valence-corrected chi connectivity index (χ1v) is 5.10. The summed E-state index contributed by atoms with van der Waals surface area (Å²) >= 11 is 0. The smallest absolute Gasteiger partial charge is 0.214 e. The number of fused-ring (bicyclic) bond motifs is 1. The fourth-order valence-electron chi connectivity index (χ4n) is 1.67. The molecule has 2 heterocycles. The van der Waals surface area contributed by atoms with Gasteiger partial charge in [-0.25, -0.2) is 0 Å². The van der Waals surface area contributed by atoms with Crippen LogP contribution in [-0.2, 0) is 0 Å². The second-order valence-corrected chi connectivity index (χ2v) is 3.60. The van der Waals surface area contributed by atoms with Gasteiger partial charge in [-0.1, -0.05) is 18.2 Å². The van der Waals surface area contributed by atoms with E-state index in [1.165, 1.54) is 6.20 Å². The van der Waals surface area contributed by atoms with Crippen molar-refractivity contribution in [1.29, 1.82) is 0 Å². The highest BCUT2D eigenvalue weighted by Gasteiger charge is 2.12. The predicted octanol–water partition coefficient (Wildman–Crippen LogP) is 1.58. The molecule has 0 saturated heterocycles. The van der Waals surface area contributed by atoms with Gasteiger partial charge < -0.3 is 0 Å². The van der Waals surface area contributed by atoms with Gasteiger partial charge in [0.1, 0.15) is 0 Å². The quantitative estimate of drug-likeness (QED) is 0.671. The van der Waals surface area contributed by atoms with E-state index in [9.17, 15) is 4.79 Å². The van der Waals surface area contributed by atoms with Crippen LogP contribution in [0.25, 0.3) is 10.9 Å². The molecular weight excluding hydrogens is 216 g/mol. The molecule has 0 aliphatic heterocycles. The average Bonchev–Trinajstić information content (AvgIpc) is 2.91. The Morgan fingerprint density at radius 1 is 1.24 bits per heavy atom. The van der Waals surface area contributed by atoms with Crippen molar-refractivity contribution in [3.05, 3.63) is 54.0 Å². The number of nitrogens with zero attached hydrogens (tertiary/aromatic N) is 3. The van der Waals surface area contributed by atoms with Crippen LogP contribution >= 0.6 is 0 Å². The van der Waals surface area contributed by atoms with Gasteiger partial charge in [0.2, 0.25) is 5.78 Å². The van der Waals surface area contributed by atoms with Crippen LogP contribution < -0.4 is 0 Å². The van der Waals surface area contributed by atoms with Crippen LogP contribution in [0.5, 0.6) is 0 Å². The van der Waals surface area contributed by atoms with Crippen molar-refractivity contribution in [2.75, 3.05) is 0 Å². The molecule has 1 aromatic carbocycles. The highest BCUT2D eigenvalue weighted by Crippen LogP contribution is 2.15. The Balaban J connectivity index is 2.09. The van der Waals surface area contributed by atoms with Gasteiger partial charge in [0.25, 0.3) is 0 Å². The molecule has 0 bridgehead atoms. The van der Waals surface area contributed by atoms with Crippen molar-refractivity contribution in [1.82, 2.24) is 20.4 Å². The standard InChI is InChI=1S/C12H8N4O/c17-12(11-7-14-16-15-11)9-4-3-8-2-1-5-13-10(8)6-9/h1-7H,(H,14,15,16).